The van der Waals surface area contributed by atoms with E-state index in [1.807, 2.05) is 44.2 Å². The van der Waals surface area contributed by atoms with Gasteiger partial charge in [-0.15, -0.1) is 0 Å². The maximum atomic E-state index is 12.5. The lowest BCUT2D eigenvalue weighted by Gasteiger charge is -2.17. The molecule has 166 valence electrons. The Balaban J connectivity index is 1.60. The number of carbonyl (C=O) groups is 1. The van der Waals surface area contributed by atoms with E-state index < -0.39 is 11.4 Å². The third-order valence-corrected chi connectivity index (χ3v) is 4.86. The van der Waals surface area contributed by atoms with E-state index >= 15 is 0 Å². The number of carbonyl (C=O) groups excluding carboxylic acids is 1. The summed E-state index contributed by atoms with van der Waals surface area (Å²) in [4.78, 5) is 29.2. The number of ether oxygens (including phenoxy) is 1. The summed E-state index contributed by atoms with van der Waals surface area (Å²) in [5.41, 5.74) is 3.19. The van der Waals surface area contributed by atoms with Crippen LogP contribution in [-0.2, 0) is 0 Å². The number of aromatic amines is 1. The van der Waals surface area contributed by atoms with Gasteiger partial charge in [-0.25, -0.2) is 15.0 Å². The molecule has 0 aliphatic carbocycles. The van der Waals surface area contributed by atoms with Crippen molar-refractivity contribution in [3.63, 3.8) is 0 Å². The van der Waals surface area contributed by atoms with Crippen LogP contribution in [0.25, 0.3) is 33.5 Å². The number of hydrogen-bond donors (Lipinski definition) is 2. The second-order valence-corrected chi connectivity index (χ2v) is 8.50. The lowest BCUT2D eigenvalue weighted by atomic mass is 10.1. The first kappa shape index (κ1) is 22.0. The molecule has 8 nitrogen and oxygen atoms in total. The van der Waals surface area contributed by atoms with Crippen molar-refractivity contribution in [3.8, 4) is 34.5 Å². The average Bonchev–Trinajstić information content (AvgIpc) is 3.22. The Bertz CT molecular complexity index is 1350. The Morgan fingerprint density at radius 2 is 1.91 bits per heavy atom. The van der Waals surface area contributed by atoms with E-state index in [0.29, 0.717) is 11.6 Å². The van der Waals surface area contributed by atoms with Gasteiger partial charge in [-0.05, 0) is 58.0 Å². The van der Waals surface area contributed by atoms with Crippen LogP contribution in [0.3, 0.4) is 0 Å². The molecule has 0 aliphatic heterocycles. The Kier molecular flexibility index (Phi) is 5.80. The van der Waals surface area contributed by atoms with Crippen LogP contribution in [0.2, 0.25) is 0 Å². The molecule has 4 aromatic rings. The fourth-order valence-electron chi connectivity index (χ4n) is 3.26. The van der Waals surface area contributed by atoms with E-state index in [1.54, 1.807) is 38.4 Å². The van der Waals surface area contributed by atoms with Gasteiger partial charge in [0.2, 0.25) is 5.88 Å². The van der Waals surface area contributed by atoms with Gasteiger partial charge in [-0.1, -0.05) is 6.07 Å². The summed E-state index contributed by atoms with van der Waals surface area (Å²) < 4.78 is 5.60. The Morgan fingerprint density at radius 1 is 1.12 bits per heavy atom. The fourth-order valence-corrected chi connectivity index (χ4v) is 3.26. The maximum Gasteiger partial charge on any atom is 0.271 e. The van der Waals surface area contributed by atoms with E-state index in [2.05, 4.69) is 31.3 Å². The van der Waals surface area contributed by atoms with E-state index in [-0.39, 0.29) is 11.8 Å². The van der Waals surface area contributed by atoms with Crippen LogP contribution in [0.15, 0.2) is 54.9 Å². The molecule has 0 saturated heterocycles. The molecule has 0 bridgehead atoms. The number of nitrogens with one attached hydrogen (secondary N) is 2. The van der Waals surface area contributed by atoms with Crippen LogP contribution in [0.5, 0.6) is 5.88 Å². The molecule has 1 amide bonds. The van der Waals surface area contributed by atoms with Crippen molar-refractivity contribution in [2.45, 2.75) is 39.3 Å². The van der Waals surface area contributed by atoms with Crippen molar-refractivity contribution >= 4 is 16.9 Å². The lowest BCUT2D eigenvalue weighted by Crippen LogP contribution is -2.42. The summed E-state index contributed by atoms with van der Waals surface area (Å²) in [6.45, 7) is 7.19. The van der Waals surface area contributed by atoms with Crippen LogP contribution >= 0.6 is 0 Å². The van der Waals surface area contributed by atoms with Crippen molar-refractivity contribution in [2.75, 3.05) is 0 Å². The van der Waals surface area contributed by atoms with Gasteiger partial charge in [0.1, 0.15) is 16.9 Å². The molecular formula is C25H24N6O2. The topological polar surface area (TPSA) is 117 Å². The van der Waals surface area contributed by atoms with Gasteiger partial charge in [0, 0.05) is 40.7 Å². The SMILES string of the molecule is CC(C)Oc1ccc(-c2cc3cc(-c4cccc(C(=O)NC(C)(C)C#N)n4)cnc3[nH]2)cn1. The van der Waals surface area contributed by atoms with Crippen LogP contribution in [0.1, 0.15) is 38.2 Å². The van der Waals surface area contributed by atoms with Gasteiger partial charge in [0.05, 0.1) is 17.9 Å². The molecular weight excluding hydrogens is 416 g/mol. The number of fused-ring (bicyclic) bond motifs is 1. The van der Waals surface area contributed by atoms with Crippen molar-refractivity contribution in [2.24, 2.45) is 0 Å². The Morgan fingerprint density at radius 3 is 2.61 bits per heavy atom. The number of pyridine rings is 3. The van der Waals surface area contributed by atoms with E-state index in [9.17, 15) is 4.79 Å². The standard InChI is InChI=1S/C25H24N6O2/c1-15(2)33-22-9-8-16(12-27-22)21-11-17-10-18(13-28-23(17)30-21)19-6-5-7-20(29-19)24(32)31-25(3,4)14-26/h5-13,15H,1-4H3,(H,28,30)(H,31,32). The van der Waals surface area contributed by atoms with Crippen LogP contribution < -0.4 is 10.1 Å². The summed E-state index contributed by atoms with van der Waals surface area (Å²) in [7, 11) is 0. The van der Waals surface area contributed by atoms with E-state index in [1.165, 1.54) is 0 Å². The first-order valence-corrected chi connectivity index (χ1v) is 10.6. The zero-order chi connectivity index (χ0) is 23.6. The number of aromatic nitrogens is 4. The molecule has 0 radical (unpaired) electrons. The second-order valence-electron chi connectivity index (χ2n) is 8.50. The largest absolute Gasteiger partial charge is 0.475 e. The molecule has 8 heteroatoms. The van der Waals surface area contributed by atoms with Gasteiger partial charge in [0.25, 0.3) is 5.91 Å². The summed E-state index contributed by atoms with van der Waals surface area (Å²) in [5.74, 6) is 0.178. The first-order chi connectivity index (χ1) is 15.7. The highest BCUT2D eigenvalue weighted by molar-refractivity contribution is 5.94. The van der Waals surface area contributed by atoms with E-state index in [0.717, 1.165) is 27.9 Å². The van der Waals surface area contributed by atoms with Crippen molar-refractivity contribution < 1.29 is 9.53 Å². The number of rotatable bonds is 6. The molecule has 4 aromatic heterocycles. The third-order valence-electron chi connectivity index (χ3n) is 4.86. The fraction of sp³-hybridized carbons (Fsp3) is 0.240. The van der Waals surface area contributed by atoms with Gasteiger partial charge in [-0.3, -0.25) is 4.79 Å². The molecule has 4 heterocycles. The quantitative estimate of drug-likeness (QED) is 0.456. The molecule has 0 spiro atoms. The maximum absolute atomic E-state index is 12.5. The molecule has 0 aromatic carbocycles. The van der Waals surface area contributed by atoms with Crippen LogP contribution in [0, 0.1) is 11.3 Å². The number of nitriles is 1. The minimum absolute atomic E-state index is 0.0649. The highest BCUT2D eigenvalue weighted by Crippen LogP contribution is 2.27. The van der Waals surface area contributed by atoms with Crippen molar-refractivity contribution in [1.29, 1.82) is 5.26 Å². The lowest BCUT2D eigenvalue weighted by molar-refractivity contribution is 0.0924. The van der Waals surface area contributed by atoms with Gasteiger partial charge in [0.15, 0.2) is 0 Å². The van der Waals surface area contributed by atoms with Crippen molar-refractivity contribution in [1.82, 2.24) is 25.3 Å². The minimum Gasteiger partial charge on any atom is -0.475 e. The van der Waals surface area contributed by atoms with Gasteiger partial charge >= 0.3 is 0 Å². The minimum atomic E-state index is -0.981. The Labute approximate surface area is 191 Å². The molecule has 2 N–H and O–H groups in total. The highest BCUT2D eigenvalue weighted by Gasteiger charge is 2.21. The first-order valence-electron chi connectivity index (χ1n) is 10.6. The summed E-state index contributed by atoms with van der Waals surface area (Å²) in [6.07, 6.45) is 3.54. The predicted molar refractivity (Wildman–Crippen MR) is 125 cm³/mol. The average molecular weight is 441 g/mol. The number of hydrogen-bond acceptors (Lipinski definition) is 6. The molecule has 0 fully saturated rings. The molecule has 4 rings (SSSR count). The Hall–Kier alpha value is -4.25. The van der Waals surface area contributed by atoms with Crippen molar-refractivity contribution in [3.05, 3.63) is 60.6 Å². The smallest absolute Gasteiger partial charge is 0.271 e. The summed E-state index contributed by atoms with van der Waals surface area (Å²) in [5, 5.41) is 12.7. The molecule has 0 saturated carbocycles. The highest BCUT2D eigenvalue weighted by atomic mass is 16.5. The number of nitrogens with zero attached hydrogens (tertiary/aromatic N) is 4. The summed E-state index contributed by atoms with van der Waals surface area (Å²) >= 11 is 0. The molecule has 33 heavy (non-hydrogen) atoms. The number of amides is 1. The number of H-pyrrole nitrogens is 1. The monoisotopic (exact) mass is 440 g/mol. The van der Waals surface area contributed by atoms with E-state index in [4.69, 9.17) is 10.00 Å². The molecule has 0 aliphatic rings. The third kappa shape index (κ3) is 4.99. The zero-order valence-electron chi connectivity index (χ0n) is 18.9. The predicted octanol–water partition coefficient (Wildman–Crippen LogP) is 4.51. The molecule has 0 unspecified atom stereocenters. The molecule has 0 atom stereocenters. The van der Waals surface area contributed by atoms with Crippen LogP contribution in [-0.4, -0.2) is 37.5 Å². The summed E-state index contributed by atoms with van der Waals surface area (Å²) in [6, 6.07) is 15.0. The van der Waals surface area contributed by atoms with Gasteiger partial charge < -0.3 is 15.0 Å². The zero-order valence-corrected chi connectivity index (χ0v) is 18.9. The van der Waals surface area contributed by atoms with Crippen LogP contribution in [0.4, 0.5) is 0 Å². The second kappa shape index (κ2) is 8.71. The normalized spacial score (nSPS) is 11.4. The van der Waals surface area contributed by atoms with Gasteiger partial charge in [-0.2, -0.15) is 5.26 Å².